The molecule has 0 aliphatic heterocycles. The van der Waals surface area contributed by atoms with Crippen molar-refractivity contribution in [3.63, 3.8) is 0 Å². The number of nitrogens with zero attached hydrogens (tertiary/aromatic N) is 2. The van der Waals surface area contributed by atoms with Crippen molar-refractivity contribution in [3.05, 3.63) is 35.7 Å². The predicted molar refractivity (Wildman–Crippen MR) is 73.0 cm³/mol. The first-order chi connectivity index (χ1) is 8.65. The summed E-state index contributed by atoms with van der Waals surface area (Å²) in [6.45, 7) is 3.91. The molecule has 1 aromatic heterocycles. The van der Waals surface area contributed by atoms with Gasteiger partial charge in [-0.25, -0.2) is 9.97 Å². The maximum absolute atomic E-state index is 5.16. The molecule has 2 aromatic rings. The van der Waals surface area contributed by atoms with Gasteiger partial charge in [0.1, 0.15) is 17.4 Å². The molecular formula is C14H17N3O. The molecule has 0 aliphatic carbocycles. The van der Waals surface area contributed by atoms with E-state index in [-0.39, 0.29) is 0 Å². The van der Waals surface area contributed by atoms with Crippen molar-refractivity contribution < 1.29 is 4.74 Å². The lowest BCUT2D eigenvalue weighted by Crippen LogP contribution is -2.02. The SMILES string of the molecule is CNc1nc(C)nc(-c2ccc(OC)cc2)c1C. The lowest BCUT2D eigenvalue weighted by atomic mass is 10.1. The van der Waals surface area contributed by atoms with Crippen molar-refractivity contribution in [1.29, 1.82) is 0 Å². The lowest BCUT2D eigenvalue weighted by molar-refractivity contribution is 0.415. The minimum atomic E-state index is 0.760. The summed E-state index contributed by atoms with van der Waals surface area (Å²) < 4.78 is 5.16. The summed E-state index contributed by atoms with van der Waals surface area (Å²) in [5.74, 6) is 2.47. The number of rotatable bonds is 3. The molecule has 1 heterocycles. The van der Waals surface area contributed by atoms with Gasteiger partial charge in [0.25, 0.3) is 0 Å². The van der Waals surface area contributed by atoms with Gasteiger partial charge in [0.2, 0.25) is 0 Å². The Hall–Kier alpha value is -2.10. The quantitative estimate of drug-likeness (QED) is 0.900. The van der Waals surface area contributed by atoms with Crippen molar-refractivity contribution in [1.82, 2.24) is 9.97 Å². The summed E-state index contributed by atoms with van der Waals surface area (Å²) in [5, 5.41) is 3.09. The second kappa shape index (κ2) is 5.04. The summed E-state index contributed by atoms with van der Waals surface area (Å²) in [4.78, 5) is 8.88. The number of hydrogen-bond acceptors (Lipinski definition) is 4. The molecule has 4 heteroatoms. The smallest absolute Gasteiger partial charge is 0.132 e. The molecule has 94 valence electrons. The molecule has 0 bridgehead atoms. The molecule has 0 radical (unpaired) electrons. The van der Waals surface area contributed by atoms with Crippen LogP contribution in [0, 0.1) is 13.8 Å². The van der Waals surface area contributed by atoms with Crippen LogP contribution >= 0.6 is 0 Å². The Labute approximate surface area is 107 Å². The monoisotopic (exact) mass is 243 g/mol. The predicted octanol–water partition coefficient (Wildman–Crippen LogP) is 2.81. The highest BCUT2D eigenvalue weighted by Crippen LogP contribution is 2.26. The average Bonchev–Trinajstić information content (AvgIpc) is 2.41. The molecule has 0 unspecified atom stereocenters. The van der Waals surface area contributed by atoms with E-state index in [0.29, 0.717) is 0 Å². The first kappa shape index (κ1) is 12.4. The number of methoxy groups -OCH3 is 1. The minimum absolute atomic E-state index is 0.760. The van der Waals surface area contributed by atoms with Gasteiger partial charge in [-0.1, -0.05) is 0 Å². The Morgan fingerprint density at radius 2 is 1.72 bits per heavy atom. The molecule has 2 rings (SSSR count). The fraction of sp³-hybridized carbons (Fsp3) is 0.286. The van der Waals surface area contributed by atoms with E-state index in [1.807, 2.05) is 45.2 Å². The standard InChI is InChI=1S/C14H17N3O/c1-9-13(16-10(2)17-14(9)15-3)11-5-7-12(18-4)8-6-11/h5-8H,1-4H3,(H,15,16,17). The summed E-state index contributed by atoms with van der Waals surface area (Å²) in [6, 6.07) is 7.89. The topological polar surface area (TPSA) is 47.0 Å². The zero-order chi connectivity index (χ0) is 13.1. The van der Waals surface area contributed by atoms with Gasteiger partial charge >= 0.3 is 0 Å². The molecule has 0 atom stereocenters. The normalized spacial score (nSPS) is 10.2. The third-order valence-corrected chi connectivity index (χ3v) is 2.86. The third-order valence-electron chi connectivity index (χ3n) is 2.86. The number of aromatic nitrogens is 2. The van der Waals surface area contributed by atoms with Gasteiger partial charge in [-0.15, -0.1) is 0 Å². The van der Waals surface area contributed by atoms with Crippen LogP contribution < -0.4 is 10.1 Å². The fourth-order valence-electron chi connectivity index (χ4n) is 1.90. The van der Waals surface area contributed by atoms with Gasteiger partial charge < -0.3 is 10.1 Å². The lowest BCUT2D eigenvalue weighted by Gasteiger charge is -2.11. The van der Waals surface area contributed by atoms with Crippen LogP contribution in [0.15, 0.2) is 24.3 Å². The Morgan fingerprint density at radius 3 is 2.28 bits per heavy atom. The summed E-state index contributed by atoms with van der Waals surface area (Å²) in [7, 11) is 3.53. The highest BCUT2D eigenvalue weighted by molar-refractivity contribution is 5.68. The van der Waals surface area contributed by atoms with Gasteiger partial charge in [0.15, 0.2) is 0 Å². The molecule has 1 N–H and O–H groups in total. The second-order valence-electron chi connectivity index (χ2n) is 4.07. The Morgan fingerprint density at radius 1 is 1.06 bits per heavy atom. The van der Waals surface area contributed by atoms with Crippen molar-refractivity contribution in [2.45, 2.75) is 13.8 Å². The zero-order valence-electron chi connectivity index (χ0n) is 11.1. The van der Waals surface area contributed by atoms with Crippen LogP contribution in [0.25, 0.3) is 11.3 Å². The number of ether oxygens (including phenoxy) is 1. The van der Waals surface area contributed by atoms with Gasteiger partial charge in [0, 0.05) is 18.2 Å². The molecule has 4 nitrogen and oxygen atoms in total. The maximum atomic E-state index is 5.16. The molecule has 0 saturated heterocycles. The van der Waals surface area contributed by atoms with Crippen molar-refractivity contribution in [2.24, 2.45) is 0 Å². The van der Waals surface area contributed by atoms with Crippen LogP contribution in [0.5, 0.6) is 5.75 Å². The van der Waals surface area contributed by atoms with E-state index in [2.05, 4.69) is 15.3 Å². The molecule has 0 spiro atoms. The second-order valence-corrected chi connectivity index (χ2v) is 4.07. The van der Waals surface area contributed by atoms with Crippen LogP contribution in [0.2, 0.25) is 0 Å². The first-order valence-electron chi connectivity index (χ1n) is 5.83. The third kappa shape index (κ3) is 2.27. The highest BCUT2D eigenvalue weighted by Gasteiger charge is 2.10. The van der Waals surface area contributed by atoms with E-state index in [1.165, 1.54) is 0 Å². The summed E-state index contributed by atoms with van der Waals surface area (Å²) in [6.07, 6.45) is 0. The fourth-order valence-corrected chi connectivity index (χ4v) is 1.90. The number of nitrogens with one attached hydrogen (secondary N) is 1. The van der Waals surface area contributed by atoms with Crippen molar-refractivity contribution in [2.75, 3.05) is 19.5 Å². The van der Waals surface area contributed by atoms with Gasteiger partial charge in [-0.05, 0) is 38.1 Å². The van der Waals surface area contributed by atoms with E-state index in [9.17, 15) is 0 Å². The molecule has 0 saturated carbocycles. The number of aryl methyl sites for hydroxylation is 1. The average molecular weight is 243 g/mol. The van der Waals surface area contributed by atoms with Crippen LogP contribution in [0.1, 0.15) is 11.4 Å². The van der Waals surface area contributed by atoms with Gasteiger partial charge in [0.05, 0.1) is 12.8 Å². The Kier molecular flexibility index (Phi) is 3.46. The van der Waals surface area contributed by atoms with Crippen LogP contribution in [0.4, 0.5) is 5.82 Å². The summed E-state index contributed by atoms with van der Waals surface area (Å²) in [5.41, 5.74) is 3.07. The van der Waals surface area contributed by atoms with E-state index in [0.717, 1.165) is 34.2 Å². The Balaban J connectivity index is 2.52. The molecule has 0 amide bonds. The highest BCUT2D eigenvalue weighted by atomic mass is 16.5. The first-order valence-corrected chi connectivity index (χ1v) is 5.83. The van der Waals surface area contributed by atoms with E-state index >= 15 is 0 Å². The summed E-state index contributed by atoms with van der Waals surface area (Å²) >= 11 is 0. The van der Waals surface area contributed by atoms with E-state index in [4.69, 9.17) is 4.74 Å². The zero-order valence-corrected chi connectivity index (χ0v) is 11.1. The van der Waals surface area contributed by atoms with Crippen LogP contribution in [-0.2, 0) is 0 Å². The molecular weight excluding hydrogens is 226 g/mol. The van der Waals surface area contributed by atoms with Crippen molar-refractivity contribution >= 4 is 5.82 Å². The molecule has 1 aromatic carbocycles. The number of hydrogen-bond donors (Lipinski definition) is 1. The van der Waals surface area contributed by atoms with Crippen LogP contribution in [0.3, 0.4) is 0 Å². The maximum Gasteiger partial charge on any atom is 0.132 e. The van der Waals surface area contributed by atoms with E-state index < -0.39 is 0 Å². The Bertz CT molecular complexity index is 550. The van der Waals surface area contributed by atoms with Gasteiger partial charge in [-0.2, -0.15) is 0 Å². The number of anilines is 1. The number of benzene rings is 1. The molecule has 18 heavy (non-hydrogen) atoms. The molecule has 0 aliphatic rings. The minimum Gasteiger partial charge on any atom is -0.497 e. The van der Waals surface area contributed by atoms with E-state index in [1.54, 1.807) is 7.11 Å². The van der Waals surface area contributed by atoms with Crippen LogP contribution in [-0.4, -0.2) is 24.1 Å². The molecule has 0 fully saturated rings. The largest absolute Gasteiger partial charge is 0.497 e. The van der Waals surface area contributed by atoms with Gasteiger partial charge in [-0.3, -0.25) is 0 Å². The van der Waals surface area contributed by atoms with Crippen molar-refractivity contribution in [3.8, 4) is 17.0 Å².